The van der Waals surface area contributed by atoms with E-state index in [2.05, 4.69) is 15.4 Å². The fraction of sp³-hybridized carbons (Fsp3) is 0.190. The third kappa shape index (κ3) is 3.82. The third-order valence-electron chi connectivity index (χ3n) is 4.46. The van der Waals surface area contributed by atoms with Gasteiger partial charge in [0.1, 0.15) is 23.9 Å². The molecule has 0 aliphatic carbocycles. The largest absolute Gasteiger partial charge is 0.492 e. The summed E-state index contributed by atoms with van der Waals surface area (Å²) in [5, 5.41) is 7.93. The van der Waals surface area contributed by atoms with Gasteiger partial charge in [0.2, 0.25) is 0 Å². The summed E-state index contributed by atoms with van der Waals surface area (Å²) >= 11 is 0. The van der Waals surface area contributed by atoms with Gasteiger partial charge in [0.25, 0.3) is 5.91 Å². The molecule has 0 aliphatic rings. The number of aromatic nitrogens is 3. The maximum Gasteiger partial charge on any atom is 0.252 e. The average Bonchev–Trinajstić information content (AvgIpc) is 3.35. The fourth-order valence-electron chi connectivity index (χ4n) is 3.13. The molecule has 7 nitrogen and oxygen atoms in total. The van der Waals surface area contributed by atoms with Crippen LogP contribution in [0.2, 0.25) is 0 Å². The summed E-state index contributed by atoms with van der Waals surface area (Å²) in [6.45, 7) is 2.38. The van der Waals surface area contributed by atoms with Crippen LogP contribution in [-0.4, -0.2) is 33.8 Å². The number of hydrogen-bond acceptors (Lipinski definition) is 5. The van der Waals surface area contributed by atoms with Gasteiger partial charge < -0.3 is 14.5 Å². The number of amides is 1. The first-order chi connectivity index (χ1) is 14.0. The Hall–Kier alpha value is -3.68. The van der Waals surface area contributed by atoms with Gasteiger partial charge in [-0.25, -0.2) is 9.37 Å². The van der Waals surface area contributed by atoms with E-state index in [1.165, 1.54) is 24.3 Å². The van der Waals surface area contributed by atoms with Crippen LogP contribution in [0.4, 0.5) is 4.39 Å². The molecule has 0 saturated heterocycles. The lowest BCUT2D eigenvalue weighted by molar-refractivity contribution is 0.0948. The monoisotopic (exact) mass is 394 g/mol. The number of ether oxygens (including phenoxy) is 1. The molecule has 1 aromatic carbocycles. The van der Waals surface area contributed by atoms with E-state index in [-0.39, 0.29) is 24.9 Å². The second-order valence-electron chi connectivity index (χ2n) is 6.50. The molecule has 0 unspecified atom stereocenters. The molecule has 3 heterocycles. The van der Waals surface area contributed by atoms with Crippen molar-refractivity contribution in [3.05, 3.63) is 65.8 Å². The van der Waals surface area contributed by atoms with Crippen molar-refractivity contribution in [2.45, 2.75) is 6.92 Å². The van der Waals surface area contributed by atoms with Gasteiger partial charge in [-0.05, 0) is 49.4 Å². The van der Waals surface area contributed by atoms with Crippen LogP contribution < -0.4 is 10.1 Å². The van der Waals surface area contributed by atoms with Gasteiger partial charge in [-0.15, -0.1) is 0 Å². The van der Waals surface area contributed by atoms with Gasteiger partial charge in [0.05, 0.1) is 29.5 Å². The minimum atomic E-state index is -0.327. The van der Waals surface area contributed by atoms with Crippen LogP contribution in [0.25, 0.3) is 22.5 Å². The van der Waals surface area contributed by atoms with E-state index in [0.717, 1.165) is 0 Å². The minimum absolute atomic E-state index is 0.253. The first-order valence-electron chi connectivity index (χ1n) is 9.07. The van der Waals surface area contributed by atoms with E-state index >= 15 is 0 Å². The Morgan fingerprint density at radius 3 is 2.79 bits per heavy atom. The molecule has 0 atom stereocenters. The number of furan rings is 1. The van der Waals surface area contributed by atoms with E-state index in [1.807, 2.05) is 6.92 Å². The van der Waals surface area contributed by atoms with E-state index in [1.54, 1.807) is 36.2 Å². The van der Waals surface area contributed by atoms with Crippen molar-refractivity contribution in [3.63, 3.8) is 0 Å². The molecule has 0 fully saturated rings. The van der Waals surface area contributed by atoms with Crippen LogP contribution in [0.5, 0.6) is 5.75 Å². The first-order valence-corrected chi connectivity index (χ1v) is 9.07. The fourth-order valence-corrected chi connectivity index (χ4v) is 3.13. The molecule has 0 radical (unpaired) electrons. The highest BCUT2D eigenvalue weighted by atomic mass is 19.1. The molecular formula is C21H19FN4O3. The number of fused-ring (bicyclic) bond motifs is 1. The van der Waals surface area contributed by atoms with Crippen molar-refractivity contribution in [1.82, 2.24) is 20.1 Å². The summed E-state index contributed by atoms with van der Waals surface area (Å²) in [5.74, 6) is 0.519. The lowest BCUT2D eigenvalue weighted by atomic mass is 10.1. The normalized spacial score (nSPS) is 11.0. The molecule has 0 spiro atoms. The van der Waals surface area contributed by atoms with Gasteiger partial charge in [-0.2, -0.15) is 5.10 Å². The molecular weight excluding hydrogens is 375 g/mol. The molecule has 4 rings (SSSR count). The molecule has 0 bridgehead atoms. The van der Waals surface area contributed by atoms with Crippen LogP contribution in [0.3, 0.4) is 0 Å². The summed E-state index contributed by atoms with van der Waals surface area (Å²) in [4.78, 5) is 17.5. The summed E-state index contributed by atoms with van der Waals surface area (Å²) in [6, 6.07) is 11.0. The van der Waals surface area contributed by atoms with E-state index in [9.17, 15) is 9.18 Å². The minimum Gasteiger partial charge on any atom is -0.492 e. The molecule has 4 aromatic rings. The Morgan fingerprint density at radius 1 is 1.28 bits per heavy atom. The first kappa shape index (κ1) is 18.7. The lowest BCUT2D eigenvalue weighted by Crippen LogP contribution is -2.28. The lowest BCUT2D eigenvalue weighted by Gasteiger charge is -2.10. The average molecular weight is 394 g/mol. The maximum absolute atomic E-state index is 12.9. The van der Waals surface area contributed by atoms with Gasteiger partial charge in [-0.1, -0.05) is 0 Å². The molecule has 29 heavy (non-hydrogen) atoms. The highest BCUT2D eigenvalue weighted by Gasteiger charge is 2.19. The summed E-state index contributed by atoms with van der Waals surface area (Å²) in [6.07, 6.45) is 1.56. The predicted octanol–water partition coefficient (Wildman–Crippen LogP) is 3.48. The molecule has 8 heteroatoms. The van der Waals surface area contributed by atoms with Crippen molar-refractivity contribution in [2.24, 2.45) is 7.05 Å². The Morgan fingerprint density at radius 2 is 2.07 bits per heavy atom. The van der Waals surface area contributed by atoms with Crippen LogP contribution in [0, 0.1) is 12.7 Å². The van der Waals surface area contributed by atoms with E-state index in [0.29, 0.717) is 39.5 Å². The number of benzene rings is 1. The van der Waals surface area contributed by atoms with Crippen LogP contribution in [0.1, 0.15) is 16.1 Å². The van der Waals surface area contributed by atoms with Gasteiger partial charge >= 0.3 is 0 Å². The predicted molar refractivity (Wildman–Crippen MR) is 105 cm³/mol. The Bertz CT molecular complexity index is 1150. The van der Waals surface area contributed by atoms with Gasteiger partial charge in [0.15, 0.2) is 11.4 Å². The number of carbonyl (C=O) groups is 1. The Kier molecular flexibility index (Phi) is 4.99. The van der Waals surface area contributed by atoms with Crippen LogP contribution >= 0.6 is 0 Å². The number of nitrogens with zero attached hydrogens (tertiary/aromatic N) is 3. The number of nitrogens with one attached hydrogen (secondary N) is 1. The number of carbonyl (C=O) groups excluding carboxylic acids is 1. The smallest absolute Gasteiger partial charge is 0.252 e. The zero-order valence-corrected chi connectivity index (χ0v) is 16.0. The van der Waals surface area contributed by atoms with Gasteiger partial charge in [0, 0.05) is 7.05 Å². The molecule has 1 amide bonds. The number of pyridine rings is 1. The van der Waals surface area contributed by atoms with Crippen molar-refractivity contribution < 1.29 is 18.3 Å². The zero-order valence-electron chi connectivity index (χ0n) is 16.0. The van der Waals surface area contributed by atoms with Crippen molar-refractivity contribution >= 4 is 16.9 Å². The van der Waals surface area contributed by atoms with Crippen molar-refractivity contribution in [3.8, 4) is 17.2 Å². The topological polar surface area (TPSA) is 82.2 Å². The summed E-state index contributed by atoms with van der Waals surface area (Å²) < 4.78 is 25.5. The van der Waals surface area contributed by atoms with E-state index in [4.69, 9.17) is 9.15 Å². The standard InChI is InChI=1S/C21H19FN4O3/c1-13-19-16(21(27)23-9-11-28-15-7-5-14(22)6-8-15)12-17(18-4-3-10-29-18)24-20(19)26(2)25-13/h3-8,10,12H,9,11H2,1-2H3,(H,23,27). The third-order valence-corrected chi connectivity index (χ3v) is 4.46. The quantitative estimate of drug-likeness (QED) is 0.506. The second kappa shape index (κ2) is 7.75. The molecule has 1 N–H and O–H groups in total. The van der Waals surface area contributed by atoms with Crippen LogP contribution in [0.15, 0.2) is 53.1 Å². The van der Waals surface area contributed by atoms with E-state index < -0.39 is 0 Å². The summed E-state index contributed by atoms with van der Waals surface area (Å²) in [5.41, 5.74) is 2.34. The summed E-state index contributed by atoms with van der Waals surface area (Å²) in [7, 11) is 1.78. The Balaban J connectivity index is 1.54. The van der Waals surface area contributed by atoms with Crippen molar-refractivity contribution in [2.75, 3.05) is 13.2 Å². The molecule has 0 saturated carbocycles. The maximum atomic E-state index is 12.9. The molecule has 148 valence electrons. The molecule has 3 aromatic heterocycles. The Labute approximate surface area is 166 Å². The zero-order chi connectivity index (χ0) is 20.4. The van der Waals surface area contributed by atoms with Gasteiger partial charge in [-0.3, -0.25) is 9.48 Å². The highest BCUT2D eigenvalue weighted by Crippen LogP contribution is 2.27. The SMILES string of the molecule is Cc1nn(C)c2nc(-c3ccco3)cc(C(=O)NCCOc3ccc(F)cc3)c12. The molecule has 0 aliphatic heterocycles. The number of halogens is 1. The highest BCUT2D eigenvalue weighted by molar-refractivity contribution is 6.07. The number of rotatable bonds is 6. The second-order valence-corrected chi connectivity index (χ2v) is 6.50. The number of hydrogen-bond donors (Lipinski definition) is 1. The number of aryl methyl sites for hydroxylation is 2. The van der Waals surface area contributed by atoms with Crippen molar-refractivity contribution in [1.29, 1.82) is 0 Å². The van der Waals surface area contributed by atoms with Crippen LogP contribution in [-0.2, 0) is 7.05 Å².